The molecule has 0 bridgehead atoms. The van der Waals surface area contributed by atoms with Gasteiger partial charge in [0.05, 0.1) is 12.3 Å². The summed E-state index contributed by atoms with van der Waals surface area (Å²) in [6.07, 6.45) is 0. The lowest BCUT2D eigenvalue weighted by Crippen LogP contribution is -2.06. The van der Waals surface area contributed by atoms with E-state index in [0.29, 0.717) is 22.5 Å². The molecular formula is C17H14ClN3O2S. The van der Waals surface area contributed by atoms with Crippen LogP contribution in [0.2, 0.25) is 5.02 Å². The van der Waals surface area contributed by atoms with E-state index in [-0.39, 0.29) is 5.75 Å². The van der Waals surface area contributed by atoms with Crippen molar-refractivity contribution in [2.45, 2.75) is 11.7 Å². The molecule has 0 aliphatic heterocycles. The van der Waals surface area contributed by atoms with Gasteiger partial charge in [0.2, 0.25) is 0 Å². The van der Waals surface area contributed by atoms with Gasteiger partial charge in [0.15, 0.2) is 11.0 Å². The first-order chi connectivity index (χ1) is 11.6. The molecular weight excluding hydrogens is 346 g/mol. The van der Waals surface area contributed by atoms with Gasteiger partial charge in [0.25, 0.3) is 0 Å². The first-order valence-corrected chi connectivity index (χ1v) is 8.57. The van der Waals surface area contributed by atoms with Gasteiger partial charge in [0.1, 0.15) is 0 Å². The van der Waals surface area contributed by atoms with E-state index in [4.69, 9.17) is 16.7 Å². The highest BCUT2D eigenvalue weighted by Gasteiger charge is 2.15. The Labute approximate surface area is 148 Å². The minimum atomic E-state index is -0.887. The van der Waals surface area contributed by atoms with E-state index in [1.165, 1.54) is 0 Å². The number of rotatable bonds is 6. The molecule has 7 heteroatoms. The zero-order valence-electron chi connectivity index (χ0n) is 12.6. The van der Waals surface area contributed by atoms with Crippen LogP contribution in [0.5, 0.6) is 0 Å². The van der Waals surface area contributed by atoms with Crippen LogP contribution in [0.1, 0.15) is 5.56 Å². The number of carboxylic acid groups (broad SMARTS) is 1. The maximum absolute atomic E-state index is 10.9. The number of carboxylic acids is 1. The second kappa shape index (κ2) is 7.51. The van der Waals surface area contributed by atoms with E-state index in [9.17, 15) is 4.79 Å². The summed E-state index contributed by atoms with van der Waals surface area (Å²) < 4.78 is 1.92. The van der Waals surface area contributed by atoms with Crippen molar-refractivity contribution >= 4 is 29.3 Å². The van der Waals surface area contributed by atoms with Gasteiger partial charge in [-0.15, -0.1) is 10.2 Å². The van der Waals surface area contributed by atoms with Crippen LogP contribution >= 0.6 is 23.4 Å². The monoisotopic (exact) mass is 359 g/mol. The average Bonchev–Trinajstić information content (AvgIpc) is 2.97. The summed E-state index contributed by atoms with van der Waals surface area (Å²) in [6.45, 7) is 0.563. The summed E-state index contributed by atoms with van der Waals surface area (Å²) in [7, 11) is 0. The Morgan fingerprint density at radius 1 is 1.08 bits per heavy atom. The zero-order valence-corrected chi connectivity index (χ0v) is 14.2. The fourth-order valence-electron chi connectivity index (χ4n) is 2.24. The lowest BCUT2D eigenvalue weighted by atomic mass is 10.2. The number of nitrogens with zero attached hydrogens (tertiary/aromatic N) is 3. The van der Waals surface area contributed by atoms with Crippen molar-refractivity contribution in [3.05, 3.63) is 65.2 Å². The number of aromatic nitrogens is 3. The van der Waals surface area contributed by atoms with Crippen molar-refractivity contribution in [1.82, 2.24) is 14.8 Å². The van der Waals surface area contributed by atoms with E-state index < -0.39 is 5.97 Å². The van der Waals surface area contributed by atoms with Crippen LogP contribution in [0.25, 0.3) is 11.4 Å². The molecule has 1 heterocycles. The average molecular weight is 360 g/mol. The first kappa shape index (κ1) is 16.5. The lowest BCUT2D eigenvalue weighted by Gasteiger charge is -2.10. The van der Waals surface area contributed by atoms with Crippen LogP contribution in [0, 0.1) is 0 Å². The third-order valence-electron chi connectivity index (χ3n) is 3.33. The molecule has 0 unspecified atom stereocenters. The number of halogens is 1. The van der Waals surface area contributed by atoms with Crippen molar-refractivity contribution < 1.29 is 9.90 Å². The van der Waals surface area contributed by atoms with Crippen LogP contribution in [-0.4, -0.2) is 31.6 Å². The van der Waals surface area contributed by atoms with E-state index >= 15 is 0 Å². The van der Waals surface area contributed by atoms with Gasteiger partial charge in [-0.1, -0.05) is 53.7 Å². The minimum Gasteiger partial charge on any atom is -0.481 e. The molecule has 0 atom stereocenters. The molecule has 0 amide bonds. The third-order valence-corrected chi connectivity index (χ3v) is 4.53. The molecule has 5 nitrogen and oxygen atoms in total. The van der Waals surface area contributed by atoms with E-state index in [0.717, 1.165) is 22.9 Å². The Hall–Kier alpha value is -2.31. The highest BCUT2D eigenvalue weighted by atomic mass is 35.5. The Morgan fingerprint density at radius 3 is 2.46 bits per heavy atom. The van der Waals surface area contributed by atoms with Gasteiger partial charge < -0.3 is 5.11 Å². The van der Waals surface area contributed by atoms with Crippen molar-refractivity contribution in [2.75, 3.05) is 5.75 Å². The Balaban J connectivity index is 1.98. The molecule has 1 N–H and O–H groups in total. The topological polar surface area (TPSA) is 68.0 Å². The summed E-state index contributed by atoms with van der Waals surface area (Å²) in [5.74, 6) is -0.265. The number of aliphatic carboxylic acids is 1. The molecule has 0 saturated heterocycles. The van der Waals surface area contributed by atoms with Gasteiger partial charge in [-0.2, -0.15) is 0 Å². The molecule has 0 fully saturated rings. The summed E-state index contributed by atoms with van der Waals surface area (Å²) in [5, 5.41) is 18.5. The Morgan fingerprint density at radius 2 is 1.79 bits per heavy atom. The number of thioether (sulfide) groups is 1. The summed E-state index contributed by atoms with van der Waals surface area (Å²) in [6, 6.07) is 17.2. The van der Waals surface area contributed by atoms with Gasteiger partial charge in [0, 0.05) is 10.6 Å². The second-order valence-electron chi connectivity index (χ2n) is 5.07. The molecule has 24 heavy (non-hydrogen) atoms. The fraction of sp³-hybridized carbons (Fsp3) is 0.118. The van der Waals surface area contributed by atoms with Crippen LogP contribution in [0.4, 0.5) is 0 Å². The Kier molecular flexibility index (Phi) is 5.17. The minimum absolute atomic E-state index is 0.0620. The first-order valence-electron chi connectivity index (χ1n) is 7.21. The SMILES string of the molecule is O=C(O)CSc1nnc(-c2ccc(Cl)cc2)n1Cc1ccccc1. The molecule has 0 aliphatic rings. The Bertz CT molecular complexity index is 835. The van der Waals surface area contributed by atoms with Crippen LogP contribution in [0.15, 0.2) is 59.8 Å². The lowest BCUT2D eigenvalue weighted by molar-refractivity contribution is -0.133. The molecule has 1 aromatic heterocycles. The normalized spacial score (nSPS) is 10.7. The number of benzene rings is 2. The molecule has 122 valence electrons. The van der Waals surface area contributed by atoms with Crippen molar-refractivity contribution in [3.8, 4) is 11.4 Å². The van der Waals surface area contributed by atoms with E-state index in [2.05, 4.69) is 10.2 Å². The maximum atomic E-state index is 10.9. The summed E-state index contributed by atoms with van der Waals surface area (Å²) in [5.41, 5.74) is 1.97. The molecule has 3 aromatic rings. The highest BCUT2D eigenvalue weighted by molar-refractivity contribution is 7.99. The zero-order chi connectivity index (χ0) is 16.9. The number of hydrogen-bond donors (Lipinski definition) is 1. The van der Waals surface area contributed by atoms with Gasteiger partial charge in [-0.25, -0.2) is 0 Å². The maximum Gasteiger partial charge on any atom is 0.313 e. The van der Waals surface area contributed by atoms with E-state index in [1.807, 2.05) is 47.0 Å². The van der Waals surface area contributed by atoms with Crippen LogP contribution in [-0.2, 0) is 11.3 Å². The molecule has 2 aromatic carbocycles. The molecule has 0 radical (unpaired) electrons. The summed E-state index contributed by atoms with van der Waals surface area (Å²) >= 11 is 7.10. The predicted octanol–water partition coefficient (Wildman–Crippen LogP) is 3.82. The van der Waals surface area contributed by atoms with E-state index in [1.54, 1.807) is 12.1 Å². The standard InChI is InChI=1S/C17H14ClN3O2S/c18-14-8-6-13(7-9-14)16-19-20-17(24-11-15(22)23)21(16)10-12-4-2-1-3-5-12/h1-9H,10-11H2,(H,22,23). The largest absolute Gasteiger partial charge is 0.481 e. The van der Waals surface area contributed by atoms with Crippen molar-refractivity contribution in [3.63, 3.8) is 0 Å². The molecule has 0 saturated carbocycles. The van der Waals surface area contributed by atoms with Gasteiger partial charge in [-0.3, -0.25) is 9.36 Å². The predicted molar refractivity (Wildman–Crippen MR) is 94.4 cm³/mol. The third kappa shape index (κ3) is 3.96. The molecule has 0 aliphatic carbocycles. The van der Waals surface area contributed by atoms with Crippen LogP contribution in [0.3, 0.4) is 0 Å². The molecule has 3 rings (SSSR count). The van der Waals surface area contributed by atoms with Crippen LogP contribution < -0.4 is 0 Å². The van der Waals surface area contributed by atoms with Crippen molar-refractivity contribution in [2.24, 2.45) is 0 Å². The number of hydrogen-bond acceptors (Lipinski definition) is 4. The number of carbonyl (C=O) groups is 1. The smallest absolute Gasteiger partial charge is 0.313 e. The quantitative estimate of drug-likeness (QED) is 0.677. The second-order valence-corrected chi connectivity index (χ2v) is 6.45. The van der Waals surface area contributed by atoms with Gasteiger partial charge in [-0.05, 0) is 29.8 Å². The summed E-state index contributed by atoms with van der Waals surface area (Å²) in [4.78, 5) is 10.9. The van der Waals surface area contributed by atoms with Gasteiger partial charge >= 0.3 is 5.97 Å². The van der Waals surface area contributed by atoms with Crippen molar-refractivity contribution in [1.29, 1.82) is 0 Å². The molecule has 0 spiro atoms. The fourth-order valence-corrected chi connectivity index (χ4v) is 3.03. The highest BCUT2D eigenvalue weighted by Crippen LogP contribution is 2.26.